The van der Waals surface area contributed by atoms with Gasteiger partial charge in [0.2, 0.25) is 0 Å². The normalized spacial score (nSPS) is 10.9. The van der Waals surface area contributed by atoms with E-state index in [9.17, 15) is 13.2 Å². The predicted octanol–water partition coefficient (Wildman–Crippen LogP) is 3.85. The Morgan fingerprint density at radius 3 is 2.29 bits per heavy atom. The highest BCUT2D eigenvalue weighted by atomic mass is 32.2. The number of carbonyl (C=O) groups excluding carboxylic acids is 1. The topological polar surface area (TPSA) is 84.9 Å². The molecule has 8 heteroatoms. The third kappa shape index (κ3) is 5.76. The van der Waals surface area contributed by atoms with Gasteiger partial charge in [0.05, 0.1) is 12.0 Å². The molecule has 0 heterocycles. The van der Waals surface area contributed by atoms with E-state index in [0.717, 1.165) is 5.56 Å². The first-order valence-electron chi connectivity index (χ1n) is 9.51. The second kappa shape index (κ2) is 9.53. The summed E-state index contributed by atoms with van der Waals surface area (Å²) in [6, 6.07) is 20.1. The molecule has 1 N–H and O–H groups in total. The lowest BCUT2D eigenvalue weighted by Gasteiger charge is -2.18. The zero-order valence-corrected chi connectivity index (χ0v) is 18.3. The Labute approximate surface area is 182 Å². The standard InChI is InChI=1S/C23H24N2O5S/c1-17-7-9-18(10-8-17)24-31(27,28)22-13-11-20(12-14-22)30-16-23(26)25(2)19-5-4-6-21(15-19)29-3/h4-15,24H,16H2,1-3H3. The number of hydrogen-bond donors (Lipinski definition) is 1. The SMILES string of the molecule is COc1cccc(N(C)C(=O)COc2ccc(S(=O)(=O)Nc3ccc(C)cc3)cc2)c1. The molecular weight excluding hydrogens is 416 g/mol. The van der Waals surface area contributed by atoms with E-state index in [1.165, 1.54) is 29.2 Å². The summed E-state index contributed by atoms with van der Waals surface area (Å²) in [4.78, 5) is 14.0. The molecule has 0 radical (unpaired) electrons. The second-order valence-electron chi connectivity index (χ2n) is 6.89. The van der Waals surface area contributed by atoms with Crippen LogP contribution >= 0.6 is 0 Å². The molecule has 0 fully saturated rings. The van der Waals surface area contributed by atoms with Gasteiger partial charge >= 0.3 is 0 Å². The summed E-state index contributed by atoms with van der Waals surface area (Å²) in [5.74, 6) is 0.779. The van der Waals surface area contributed by atoms with E-state index in [1.807, 2.05) is 19.1 Å². The smallest absolute Gasteiger partial charge is 0.264 e. The number of rotatable bonds is 8. The van der Waals surface area contributed by atoms with Gasteiger partial charge in [-0.05, 0) is 55.5 Å². The van der Waals surface area contributed by atoms with Crippen molar-refractivity contribution in [1.82, 2.24) is 0 Å². The summed E-state index contributed by atoms with van der Waals surface area (Å²) in [5.41, 5.74) is 2.20. The predicted molar refractivity (Wildman–Crippen MR) is 120 cm³/mol. The summed E-state index contributed by atoms with van der Waals surface area (Å²) in [6.07, 6.45) is 0. The fourth-order valence-electron chi connectivity index (χ4n) is 2.76. The number of hydrogen-bond acceptors (Lipinski definition) is 5. The highest BCUT2D eigenvalue weighted by Gasteiger charge is 2.15. The van der Waals surface area contributed by atoms with Crippen molar-refractivity contribution in [3.63, 3.8) is 0 Å². The first-order chi connectivity index (χ1) is 14.8. The van der Waals surface area contributed by atoms with E-state index >= 15 is 0 Å². The van der Waals surface area contributed by atoms with Crippen LogP contribution in [0, 0.1) is 6.92 Å². The molecule has 0 bridgehead atoms. The average molecular weight is 441 g/mol. The molecule has 3 aromatic carbocycles. The molecule has 0 atom stereocenters. The highest BCUT2D eigenvalue weighted by Crippen LogP contribution is 2.22. The molecule has 0 aliphatic rings. The summed E-state index contributed by atoms with van der Waals surface area (Å²) < 4.78 is 38.3. The Balaban J connectivity index is 1.60. The van der Waals surface area contributed by atoms with Crippen LogP contribution in [0.4, 0.5) is 11.4 Å². The number of nitrogens with one attached hydrogen (secondary N) is 1. The van der Waals surface area contributed by atoms with E-state index in [-0.39, 0.29) is 17.4 Å². The Bertz CT molecular complexity index is 1140. The van der Waals surface area contributed by atoms with Crippen molar-refractivity contribution in [2.24, 2.45) is 0 Å². The van der Waals surface area contributed by atoms with Gasteiger partial charge in [-0.25, -0.2) is 8.42 Å². The molecule has 3 rings (SSSR count). The van der Waals surface area contributed by atoms with Crippen LogP contribution in [0.25, 0.3) is 0 Å². The molecule has 0 aromatic heterocycles. The van der Waals surface area contributed by atoms with Gasteiger partial charge in [0.25, 0.3) is 15.9 Å². The summed E-state index contributed by atoms with van der Waals surface area (Å²) in [6.45, 7) is 1.73. The van der Waals surface area contributed by atoms with Crippen LogP contribution < -0.4 is 19.1 Å². The van der Waals surface area contributed by atoms with Crippen molar-refractivity contribution < 1.29 is 22.7 Å². The van der Waals surface area contributed by atoms with Gasteiger partial charge in [-0.2, -0.15) is 0 Å². The molecule has 0 saturated heterocycles. The number of ether oxygens (including phenoxy) is 2. The van der Waals surface area contributed by atoms with Gasteiger partial charge in [0, 0.05) is 24.5 Å². The number of anilines is 2. The number of amides is 1. The van der Waals surface area contributed by atoms with E-state index in [2.05, 4.69) is 4.72 Å². The third-order valence-corrected chi connectivity index (χ3v) is 6.01. The van der Waals surface area contributed by atoms with Crippen molar-refractivity contribution in [3.8, 4) is 11.5 Å². The van der Waals surface area contributed by atoms with Crippen LogP contribution in [0.5, 0.6) is 11.5 Å². The van der Waals surface area contributed by atoms with E-state index in [1.54, 1.807) is 50.6 Å². The quantitative estimate of drug-likeness (QED) is 0.575. The second-order valence-corrected chi connectivity index (χ2v) is 8.57. The van der Waals surface area contributed by atoms with Crippen molar-refractivity contribution in [1.29, 1.82) is 0 Å². The fraction of sp³-hybridized carbons (Fsp3) is 0.174. The molecule has 0 spiro atoms. The summed E-state index contributed by atoms with van der Waals surface area (Å²) in [5, 5.41) is 0. The number of likely N-dealkylation sites (N-methyl/N-ethyl adjacent to an activating group) is 1. The van der Waals surface area contributed by atoms with Crippen molar-refractivity contribution >= 4 is 27.3 Å². The van der Waals surface area contributed by atoms with Gasteiger partial charge in [-0.3, -0.25) is 9.52 Å². The minimum Gasteiger partial charge on any atom is -0.497 e. The molecule has 0 unspecified atom stereocenters. The Kier molecular flexibility index (Phi) is 6.81. The first-order valence-corrected chi connectivity index (χ1v) is 11.0. The largest absolute Gasteiger partial charge is 0.497 e. The number of carbonyl (C=O) groups is 1. The average Bonchev–Trinajstić information content (AvgIpc) is 2.78. The number of benzene rings is 3. The fourth-order valence-corrected chi connectivity index (χ4v) is 3.81. The minimum absolute atomic E-state index is 0.0975. The molecule has 162 valence electrons. The van der Waals surface area contributed by atoms with Gasteiger partial charge in [0.1, 0.15) is 11.5 Å². The monoisotopic (exact) mass is 440 g/mol. The molecule has 1 amide bonds. The number of aryl methyl sites for hydroxylation is 1. The van der Waals surface area contributed by atoms with Crippen LogP contribution in [0.2, 0.25) is 0 Å². The van der Waals surface area contributed by atoms with E-state index in [0.29, 0.717) is 22.9 Å². The highest BCUT2D eigenvalue weighted by molar-refractivity contribution is 7.92. The van der Waals surface area contributed by atoms with Crippen LogP contribution in [-0.4, -0.2) is 35.1 Å². The molecule has 31 heavy (non-hydrogen) atoms. The lowest BCUT2D eigenvalue weighted by molar-refractivity contribution is -0.120. The first kappa shape index (κ1) is 22.2. The molecule has 0 aliphatic heterocycles. The Morgan fingerprint density at radius 1 is 0.968 bits per heavy atom. The van der Waals surface area contributed by atoms with Crippen molar-refractivity contribution in [2.75, 3.05) is 30.4 Å². The maximum Gasteiger partial charge on any atom is 0.264 e. The van der Waals surface area contributed by atoms with E-state index < -0.39 is 10.0 Å². The Morgan fingerprint density at radius 2 is 1.65 bits per heavy atom. The van der Waals surface area contributed by atoms with Crippen molar-refractivity contribution in [2.45, 2.75) is 11.8 Å². The minimum atomic E-state index is -3.72. The number of sulfonamides is 1. The van der Waals surface area contributed by atoms with Gasteiger partial charge in [-0.1, -0.05) is 23.8 Å². The van der Waals surface area contributed by atoms with Crippen LogP contribution in [0.3, 0.4) is 0 Å². The lowest BCUT2D eigenvalue weighted by atomic mass is 10.2. The summed E-state index contributed by atoms with van der Waals surface area (Å²) >= 11 is 0. The van der Waals surface area contributed by atoms with Crippen molar-refractivity contribution in [3.05, 3.63) is 78.4 Å². The molecule has 3 aromatic rings. The molecule has 0 saturated carbocycles. The molecule has 7 nitrogen and oxygen atoms in total. The van der Waals surface area contributed by atoms with Crippen LogP contribution in [0.15, 0.2) is 77.7 Å². The van der Waals surface area contributed by atoms with Gasteiger partial charge in [-0.15, -0.1) is 0 Å². The number of methoxy groups -OCH3 is 1. The van der Waals surface area contributed by atoms with Gasteiger partial charge in [0.15, 0.2) is 6.61 Å². The number of nitrogens with zero attached hydrogens (tertiary/aromatic N) is 1. The maximum absolute atomic E-state index is 12.5. The zero-order valence-electron chi connectivity index (χ0n) is 17.5. The molecular formula is C23H24N2O5S. The maximum atomic E-state index is 12.5. The summed E-state index contributed by atoms with van der Waals surface area (Å²) in [7, 11) is -0.517. The van der Waals surface area contributed by atoms with Gasteiger partial charge < -0.3 is 14.4 Å². The lowest BCUT2D eigenvalue weighted by Crippen LogP contribution is -2.31. The molecule has 0 aliphatic carbocycles. The van der Waals surface area contributed by atoms with Crippen LogP contribution in [-0.2, 0) is 14.8 Å². The van der Waals surface area contributed by atoms with Crippen LogP contribution in [0.1, 0.15) is 5.56 Å². The third-order valence-electron chi connectivity index (χ3n) is 4.61. The zero-order chi connectivity index (χ0) is 22.4. The Hall–Kier alpha value is -3.52. The van der Waals surface area contributed by atoms with E-state index in [4.69, 9.17) is 9.47 Å².